The third kappa shape index (κ3) is 1.76. The third-order valence-corrected chi connectivity index (χ3v) is 3.00. The van der Waals surface area contributed by atoms with Crippen LogP contribution in [0.15, 0.2) is 22.7 Å². The lowest BCUT2D eigenvalue weighted by Gasteiger charge is -2.03. The fourth-order valence-corrected chi connectivity index (χ4v) is 2.14. The molecule has 0 aliphatic rings. The maximum absolute atomic E-state index is 12.5. The second kappa shape index (κ2) is 3.27. The van der Waals surface area contributed by atoms with E-state index in [9.17, 15) is 13.2 Å². The zero-order valence-electron chi connectivity index (χ0n) is 7.74. The summed E-state index contributed by atoms with van der Waals surface area (Å²) in [6.07, 6.45) is -4.36. The SMILES string of the molecule is Cc1ccc2c(Br)c(C(F)(F)F)[nH]c2c1. The summed E-state index contributed by atoms with van der Waals surface area (Å²) in [5, 5.41) is 0.549. The molecule has 0 amide bonds. The van der Waals surface area contributed by atoms with Crippen LogP contribution in [-0.2, 0) is 6.18 Å². The first-order valence-corrected chi connectivity index (χ1v) is 5.04. The van der Waals surface area contributed by atoms with Crippen molar-refractivity contribution in [2.24, 2.45) is 0 Å². The molecule has 2 aromatic rings. The van der Waals surface area contributed by atoms with Crippen LogP contribution in [0.25, 0.3) is 10.9 Å². The Morgan fingerprint density at radius 3 is 2.53 bits per heavy atom. The number of halogens is 4. The minimum absolute atomic E-state index is 0.0741. The number of hydrogen-bond acceptors (Lipinski definition) is 0. The van der Waals surface area contributed by atoms with Crippen molar-refractivity contribution in [3.05, 3.63) is 33.9 Å². The van der Waals surface area contributed by atoms with Gasteiger partial charge in [-0.2, -0.15) is 13.2 Å². The molecule has 1 N–H and O–H groups in total. The smallest absolute Gasteiger partial charge is 0.350 e. The predicted molar refractivity (Wildman–Crippen MR) is 55.7 cm³/mol. The van der Waals surface area contributed by atoms with Crippen molar-refractivity contribution in [1.29, 1.82) is 0 Å². The topological polar surface area (TPSA) is 15.8 Å². The number of rotatable bonds is 0. The summed E-state index contributed by atoms with van der Waals surface area (Å²) >= 11 is 2.96. The molecule has 1 nitrogen and oxygen atoms in total. The molecule has 0 bridgehead atoms. The molecule has 1 heterocycles. The standard InChI is InChI=1S/C10H7BrF3N/c1-5-2-3-6-7(4-5)15-9(8(6)11)10(12,13)14/h2-4,15H,1H3. The largest absolute Gasteiger partial charge is 0.432 e. The molecule has 0 spiro atoms. The number of alkyl halides is 3. The fourth-order valence-electron chi connectivity index (χ4n) is 1.47. The van der Waals surface area contributed by atoms with Crippen molar-refractivity contribution in [2.45, 2.75) is 13.1 Å². The quantitative estimate of drug-likeness (QED) is 0.741. The van der Waals surface area contributed by atoms with Crippen molar-refractivity contribution in [2.75, 3.05) is 0 Å². The van der Waals surface area contributed by atoms with Gasteiger partial charge in [-0.05, 0) is 34.5 Å². The Hall–Kier alpha value is -0.970. The van der Waals surface area contributed by atoms with Crippen LogP contribution in [0.1, 0.15) is 11.3 Å². The lowest BCUT2D eigenvalue weighted by atomic mass is 10.2. The minimum Gasteiger partial charge on any atom is -0.350 e. The van der Waals surface area contributed by atoms with Gasteiger partial charge >= 0.3 is 6.18 Å². The number of aryl methyl sites for hydroxylation is 1. The Morgan fingerprint density at radius 2 is 1.93 bits per heavy atom. The maximum atomic E-state index is 12.5. The van der Waals surface area contributed by atoms with Crippen LogP contribution >= 0.6 is 15.9 Å². The van der Waals surface area contributed by atoms with Crippen molar-refractivity contribution < 1.29 is 13.2 Å². The monoisotopic (exact) mass is 277 g/mol. The second-order valence-corrected chi connectivity index (χ2v) is 4.15. The highest BCUT2D eigenvalue weighted by Gasteiger charge is 2.35. The molecular formula is C10H7BrF3N. The molecule has 0 fully saturated rings. The zero-order valence-corrected chi connectivity index (χ0v) is 9.33. The predicted octanol–water partition coefficient (Wildman–Crippen LogP) is 4.26. The normalized spacial score (nSPS) is 12.3. The fraction of sp³-hybridized carbons (Fsp3) is 0.200. The molecule has 0 saturated carbocycles. The first-order valence-electron chi connectivity index (χ1n) is 4.24. The molecule has 0 radical (unpaired) electrons. The highest BCUT2D eigenvalue weighted by molar-refractivity contribution is 9.10. The van der Waals surface area contributed by atoms with Crippen LogP contribution in [0, 0.1) is 6.92 Å². The van der Waals surface area contributed by atoms with Gasteiger partial charge in [-0.1, -0.05) is 12.1 Å². The number of aromatic nitrogens is 1. The van der Waals surface area contributed by atoms with Gasteiger partial charge < -0.3 is 4.98 Å². The summed E-state index contributed by atoms with van der Waals surface area (Å²) < 4.78 is 37.7. The van der Waals surface area contributed by atoms with Gasteiger partial charge in [0.2, 0.25) is 0 Å². The number of H-pyrrole nitrogens is 1. The molecule has 0 aliphatic heterocycles. The van der Waals surface area contributed by atoms with Gasteiger partial charge in [-0.3, -0.25) is 0 Å². The van der Waals surface area contributed by atoms with E-state index < -0.39 is 11.9 Å². The van der Waals surface area contributed by atoms with Gasteiger partial charge in [-0.15, -0.1) is 0 Å². The molecule has 0 saturated heterocycles. The third-order valence-electron chi connectivity index (χ3n) is 2.17. The molecule has 0 aliphatic carbocycles. The van der Waals surface area contributed by atoms with Crippen LogP contribution < -0.4 is 0 Å². The zero-order chi connectivity index (χ0) is 11.2. The number of fused-ring (bicyclic) bond motifs is 1. The van der Waals surface area contributed by atoms with Crippen molar-refractivity contribution in [3.63, 3.8) is 0 Å². The molecule has 2 rings (SSSR count). The van der Waals surface area contributed by atoms with Crippen LogP contribution in [0.4, 0.5) is 13.2 Å². The summed E-state index contributed by atoms with van der Waals surface area (Å²) in [5.74, 6) is 0. The van der Waals surface area contributed by atoms with Gasteiger partial charge in [-0.25, -0.2) is 0 Å². The Morgan fingerprint density at radius 1 is 1.27 bits per heavy atom. The van der Waals surface area contributed by atoms with E-state index in [1.807, 2.05) is 6.92 Å². The highest BCUT2D eigenvalue weighted by Crippen LogP contribution is 2.38. The molecule has 0 atom stereocenters. The molecule has 80 valence electrons. The molecule has 5 heteroatoms. The van der Waals surface area contributed by atoms with Crippen LogP contribution in [-0.4, -0.2) is 4.98 Å². The van der Waals surface area contributed by atoms with E-state index in [-0.39, 0.29) is 4.47 Å². The van der Waals surface area contributed by atoms with Crippen molar-refractivity contribution in [3.8, 4) is 0 Å². The van der Waals surface area contributed by atoms with Crippen LogP contribution in [0.2, 0.25) is 0 Å². The van der Waals surface area contributed by atoms with Gasteiger partial charge in [0.05, 0.1) is 4.47 Å². The van der Waals surface area contributed by atoms with Gasteiger partial charge in [0.25, 0.3) is 0 Å². The van der Waals surface area contributed by atoms with Crippen LogP contribution in [0.3, 0.4) is 0 Å². The number of aromatic amines is 1. The molecule has 15 heavy (non-hydrogen) atoms. The van der Waals surface area contributed by atoms with E-state index in [4.69, 9.17) is 0 Å². The number of hydrogen-bond donors (Lipinski definition) is 1. The van der Waals surface area contributed by atoms with Gasteiger partial charge in [0.15, 0.2) is 0 Å². The van der Waals surface area contributed by atoms with Gasteiger partial charge in [0.1, 0.15) is 5.69 Å². The molecule has 1 aromatic carbocycles. The summed E-state index contributed by atoms with van der Waals surface area (Å²) in [6, 6.07) is 5.14. The summed E-state index contributed by atoms with van der Waals surface area (Å²) in [7, 11) is 0. The Balaban J connectivity index is 2.75. The highest BCUT2D eigenvalue weighted by atomic mass is 79.9. The van der Waals surface area contributed by atoms with Crippen molar-refractivity contribution >= 4 is 26.8 Å². The lowest BCUT2D eigenvalue weighted by Crippen LogP contribution is -2.05. The van der Waals surface area contributed by atoms with E-state index in [2.05, 4.69) is 20.9 Å². The first-order chi connectivity index (χ1) is 6.89. The Bertz CT molecular complexity index is 513. The second-order valence-electron chi connectivity index (χ2n) is 3.36. The van der Waals surface area contributed by atoms with E-state index in [1.165, 1.54) is 0 Å². The maximum Gasteiger partial charge on any atom is 0.432 e. The summed E-state index contributed by atoms with van der Waals surface area (Å²) in [4.78, 5) is 2.37. The lowest BCUT2D eigenvalue weighted by molar-refractivity contribution is -0.141. The molecule has 0 unspecified atom stereocenters. The molecule has 1 aromatic heterocycles. The number of benzene rings is 1. The average molecular weight is 278 g/mol. The summed E-state index contributed by atoms with van der Waals surface area (Å²) in [5.41, 5.74) is 0.683. The van der Waals surface area contributed by atoms with E-state index in [1.54, 1.807) is 18.2 Å². The van der Waals surface area contributed by atoms with Gasteiger partial charge in [0, 0.05) is 10.9 Å². The minimum atomic E-state index is -4.36. The van der Waals surface area contributed by atoms with Crippen LogP contribution in [0.5, 0.6) is 0 Å². The average Bonchev–Trinajstić information content (AvgIpc) is 2.42. The first kappa shape index (κ1) is 10.5. The summed E-state index contributed by atoms with van der Waals surface area (Å²) in [6.45, 7) is 1.83. The van der Waals surface area contributed by atoms with E-state index in [0.29, 0.717) is 10.9 Å². The molecular weight excluding hydrogens is 271 g/mol. The van der Waals surface area contributed by atoms with E-state index in [0.717, 1.165) is 5.56 Å². The van der Waals surface area contributed by atoms with E-state index >= 15 is 0 Å². The van der Waals surface area contributed by atoms with Crippen molar-refractivity contribution in [1.82, 2.24) is 4.98 Å². The Kier molecular flexibility index (Phi) is 2.30. The number of nitrogens with one attached hydrogen (secondary N) is 1. The Labute approximate surface area is 92.4 Å².